The van der Waals surface area contributed by atoms with E-state index in [-0.39, 0.29) is 5.69 Å². The summed E-state index contributed by atoms with van der Waals surface area (Å²) >= 11 is 0. The lowest BCUT2D eigenvalue weighted by molar-refractivity contribution is 0.0689. The Morgan fingerprint density at radius 1 is 1.77 bits per heavy atom. The minimum absolute atomic E-state index is 0.0847. The largest absolute Gasteiger partial charge is 0.477 e. The second kappa shape index (κ2) is 3.72. The van der Waals surface area contributed by atoms with Gasteiger partial charge >= 0.3 is 5.97 Å². The van der Waals surface area contributed by atoms with Crippen LogP contribution in [-0.4, -0.2) is 16.1 Å². The summed E-state index contributed by atoms with van der Waals surface area (Å²) < 4.78 is 0. The third kappa shape index (κ3) is 1.85. The van der Waals surface area contributed by atoms with Crippen molar-refractivity contribution in [1.82, 2.24) is 4.98 Å². The molecule has 0 aliphatic carbocycles. The van der Waals surface area contributed by atoms with Crippen molar-refractivity contribution in [3.05, 3.63) is 29.1 Å². The first kappa shape index (κ1) is 9.27. The predicted octanol–water partition coefficient (Wildman–Crippen LogP) is 1.32. The van der Waals surface area contributed by atoms with Gasteiger partial charge in [0.05, 0.1) is 0 Å². The Bertz CT molecular complexity index is 377. The molecule has 0 saturated carbocycles. The number of terminal acetylenes is 1. The molecule has 0 amide bonds. The van der Waals surface area contributed by atoms with Crippen LogP contribution in [0.4, 0.5) is 0 Å². The molecule has 1 aromatic heterocycles. The topological polar surface area (TPSA) is 50.2 Å². The fraction of sp³-hybridized carbons (Fsp3) is 0.200. The van der Waals surface area contributed by atoms with Crippen molar-refractivity contribution in [2.45, 2.75) is 13.3 Å². The smallest absolute Gasteiger partial charge is 0.354 e. The number of hydrogen-bond donors (Lipinski definition) is 1. The molecule has 1 heterocycles. The summed E-state index contributed by atoms with van der Waals surface area (Å²) in [6.45, 7) is 1.86. The Morgan fingerprint density at radius 3 is 2.92 bits per heavy atom. The highest BCUT2D eigenvalue weighted by molar-refractivity contribution is 5.87. The number of aromatic nitrogens is 1. The van der Waals surface area contributed by atoms with Gasteiger partial charge in [-0.05, 0) is 18.1 Å². The maximum atomic E-state index is 10.7. The van der Waals surface area contributed by atoms with Crippen molar-refractivity contribution in [2.75, 3.05) is 0 Å². The van der Waals surface area contributed by atoms with Crippen LogP contribution < -0.4 is 0 Å². The summed E-state index contributed by atoms with van der Waals surface area (Å²) in [4.78, 5) is 14.4. The molecule has 1 aromatic rings. The van der Waals surface area contributed by atoms with E-state index < -0.39 is 5.97 Å². The van der Waals surface area contributed by atoms with Crippen LogP contribution in [0.5, 0.6) is 0 Å². The molecule has 3 nitrogen and oxygen atoms in total. The minimum atomic E-state index is -1.01. The second-order valence-electron chi connectivity index (χ2n) is 2.53. The van der Waals surface area contributed by atoms with Gasteiger partial charge in [0, 0.05) is 11.8 Å². The quantitative estimate of drug-likeness (QED) is 0.690. The van der Waals surface area contributed by atoms with E-state index >= 15 is 0 Å². The highest BCUT2D eigenvalue weighted by atomic mass is 16.4. The highest BCUT2D eigenvalue weighted by Crippen LogP contribution is 2.09. The maximum absolute atomic E-state index is 10.7. The van der Waals surface area contributed by atoms with Crippen LogP contribution in [0.15, 0.2) is 12.3 Å². The van der Waals surface area contributed by atoms with E-state index in [1.54, 1.807) is 6.07 Å². The first-order chi connectivity index (χ1) is 6.19. The predicted molar refractivity (Wildman–Crippen MR) is 48.5 cm³/mol. The Kier molecular flexibility index (Phi) is 2.65. The first-order valence-electron chi connectivity index (χ1n) is 3.87. The van der Waals surface area contributed by atoms with Crippen molar-refractivity contribution in [2.24, 2.45) is 0 Å². The summed E-state index contributed by atoms with van der Waals surface area (Å²) in [6, 6.07) is 1.68. The summed E-state index contributed by atoms with van der Waals surface area (Å²) in [6.07, 6.45) is 7.17. The van der Waals surface area contributed by atoms with Crippen LogP contribution in [-0.2, 0) is 6.42 Å². The fourth-order valence-electron chi connectivity index (χ4n) is 1.05. The van der Waals surface area contributed by atoms with Gasteiger partial charge in [0.1, 0.15) is 0 Å². The van der Waals surface area contributed by atoms with Gasteiger partial charge in [-0.15, -0.1) is 6.42 Å². The average Bonchev–Trinajstić information content (AvgIpc) is 2.16. The molecule has 0 aliphatic rings. The number of carboxylic acid groups (broad SMARTS) is 1. The third-order valence-corrected chi connectivity index (χ3v) is 1.72. The molecule has 1 N–H and O–H groups in total. The molecule has 1 rings (SSSR count). The summed E-state index contributed by atoms with van der Waals surface area (Å²) in [5.74, 6) is 1.40. The Balaban J connectivity index is 3.25. The molecule has 0 spiro atoms. The number of pyridine rings is 1. The van der Waals surface area contributed by atoms with E-state index in [1.807, 2.05) is 6.92 Å². The second-order valence-corrected chi connectivity index (χ2v) is 2.53. The van der Waals surface area contributed by atoms with Crippen molar-refractivity contribution < 1.29 is 9.90 Å². The minimum Gasteiger partial charge on any atom is -0.477 e. The molecule has 0 fully saturated rings. The molecule has 0 unspecified atom stereocenters. The zero-order valence-corrected chi connectivity index (χ0v) is 7.24. The SMILES string of the molecule is C#Cc1cnc(C(=O)O)c(CC)c1. The molecule has 66 valence electrons. The zero-order valence-electron chi connectivity index (χ0n) is 7.24. The lowest BCUT2D eigenvalue weighted by atomic mass is 10.1. The third-order valence-electron chi connectivity index (χ3n) is 1.72. The van der Waals surface area contributed by atoms with Gasteiger partial charge in [0.15, 0.2) is 5.69 Å². The van der Waals surface area contributed by atoms with Gasteiger partial charge in [-0.25, -0.2) is 9.78 Å². The highest BCUT2D eigenvalue weighted by Gasteiger charge is 2.09. The summed E-state index contributed by atoms with van der Waals surface area (Å²) in [5.41, 5.74) is 1.37. The van der Waals surface area contributed by atoms with E-state index in [0.29, 0.717) is 17.5 Å². The fourth-order valence-corrected chi connectivity index (χ4v) is 1.05. The van der Waals surface area contributed by atoms with Gasteiger partial charge < -0.3 is 5.11 Å². The van der Waals surface area contributed by atoms with Gasteiger partial charge in [-0.1, -0.05) is 12.8 Å². The number of aryl methyl sites for hydroxylation is 1. The van der Waals surface area contributed by atoms with E-state index in [0.717, 1.165) is 0 Å². The number of hydrogen-bond acceptors (Lipinski definition) is 2. The van der Waals surface area contributed by atoms with E-state index in [2.05, 4.69) is 10.9 Å². The van der Waals surface area contributed by atoms with Gasteiger partial charge in [0.2, 0.25) is 0 Å². The normalized spacial score (nSPS) is 9.23. The van der Waals surface area contributed by atoms with E-state index in [4.69, 9.17) is 11.5 Å². The molecule has 0 atom stereocenters. The lowest BCUT2D eigenvalue weighted by Crippen LogP contribution is -2.05. The zero-order chi connectivity index (χ0) is 9.84. The van der Waals surface area contributed by atoms with Crippen molar-refractivity contribution >= 4 is 5.97 Å². The lowest BCUT2D eigenvalue weighted by Gasteiger charge is -2.01. The van der Waals surface area contributed by atoms with Crippen molar-refractivity contribution in [1.29, 1.82) is 0 Å². The number of nitrogens with zero attached hydrogens (tertiary/aromatic N) is 1. The number of rotatable bonds is 2. The molecule has 0 aliphatic heterocycles. The molecule has 0 saturated heterocycles. The first-order valence-corrected chi connectivity index (χ1v) is 3.87. The Hall–Kier alpha value is -1.82. The number of carboxylic acids is 1. The Morgan fingerprint density at radius 2 is 2.46 bits per heavy atom. The summed E-state index contributed by atoms with van der Waals surface area (Å²) in [7, 11) is 0. The van der Waals surface area contributed by atoms with E-state index in [1.165, 1.54) is 6.20 Å². The number of carbonyl (C=O) groups is 1. The van der Waals surface area contributed by atoms with Crippen molar-refractivity contribution in [3.8, 4) is 12.3 Å². The average molecular weight is 175 g/mol. The Labute approximate surface area is 76.4 Å². The van der Waals surface area contributed by atoms with Gasteiger partial charge in [-0.3, -0.25) is 0 Å². The van der Waals surface area contributed by atoms with Crippen LogP contribution in [0.1, 0.15) is 28.5 Å². The van der Waals surface area contributed by atoms with Crippen molar-refractivity contribution in [3.63, 3.8) is 0 Å². The van der Waals surface area contributed by atoms with Crippen LogP contribution >= 0.6 is 0 Å². The van der Waals surface area contributed by atoms with E-state index in [9.17, 15) is 4.79 Å². The summed E-state index contributed by atoms with van der Waals surface area (Å²) in [5, 5.41) is 8.75. The molecule has 0 aromatic carbocycles. The molecule has 0 radical (unpaired) electrons. The standard InChI is InChI=1S/C10H9NO2/c1-3-7-5-8(4-2)9(10(12)13)11-6-7/h1,5-6H,4H2,2H3,(H,12,13). The maximum Gasteiger partial charge on any atom is 0.354 e. The van der Waals surface area contributed by atoms with Crippen LogP contribution in [0.25, 0.3) is 0 Å². The van der Waals surface area contributed by atoms with Crippen LogP contribution in [0, 0.1) is 12.3 Å². The van der Waals surface area contributed by atoms with Crippen LogP contribution in [0.3, 0.4) is 0 Å². The molecule has 3 heteroatoms. The molecule has 13 heavy (non-hydrogen) atoms. The molecule has 0 bridgehead atoms. The number of aromatic carboxylic acids is 1. The van der Waals surface area contributed by atoms with Gasteiger partial charge in [0.25, 0.3) is 0 Å². The monoisotopic (exact) mass is 175 g/mol. The molecular formula is C10H9NO2. The van der Waals surface area contributed by atoms with Gasteiger partial charge in [-0.2, -0.15) is 0 Å². The molecular weight excluding hydrogens is 166 g/mol. The van der Waals surface area contributed by atoms with Crippen LogP contribution in [0.2, 0.25) is 0 Å².